The number of rotatable bonds is 3. The van der Waals surface area contributed by atoms with Gasteiger partial charge in [0.2, 0.25) is 6.79 Å². The van der Waals surface area contributed by atoms with Crippen LogP contribution < -0.4 is 14.8 Å². The van der Waals surface area contributed by atoms with Crippen LogP contribution in [0, 0.1) is 13.8 Å². The third-order valence-electron chi connectivity index (χ3n) is 3.39. The molecule has 0 radical (unpaired) electrons. The first-order valence-corrected chi connectivity index (χ1v) is 7.80. The zero-order chi connectivity index (χ0) is 15.0. The van der Waals surface area contributed by atoms with Crippen molar-refractivity contribution in [1.82, 2.24) is 0 Å². The Labute approximate surface area is 137 Å². The molecule has 2 aromatic rings. The molecule has 2 aromatic carbocycles. The summed E-state index contributed by atoms with van der Waals surface area (Å²) in [6.45, 7) is 5.07. The molecule has 0 aromatic heterocycles. The van der Waals surface area contributed by atoms with Crippen LogP contribution in [0.1, 0.15) is 16.7 Å². The van der Waals surface area contributed by atoms with E-state index in [9.17, 15) is 0 Å². The molecule has 0 amide bonds. The molecular formula is C16H15BrClNO2. The van der Waals surface area contributed by atoms with Crippen molar-refractivity contribution < 1.29 is 9.47 Å². The zero-order valence-electron chi connectivity index (χ0n) is 11.8. The van der Waals surface area contributed by atoms with E-state index in [4.69, 9.17) is 21.1 Å². The van der Waals surface area contributed by atoms with Crippen LogP contribution in [0.15, 0.2) is 28.7 Å². The third-order valence-corrected chi connectivity index (χ3v) is 4.29. The molecule has 110 valence electrons. The average Bonchev–Trinajstić information content (AvgIpc) is 2.86. The minimum Gasteiger partial charge on any atom is -0.454 e. The fourth-order valence-corrected chi connectivity index (χ4v) is 3.55. The molecule has 1 N–H and O–H groups in total. The van der Waals surface area contributed by atoms with Gasteiger partial charge in [-0.25, -0.2) is 0 Å². The summed E-state index contributed by atoms with van der Waals surface area (Å²) in [7, 11) is 0. The Morgan fingerprint density at radius 3 is 2.76 bits per heavy atom. The lowest BCUT2D eigenvalue weighted by atomic mass is 10.1. The number of halogens is 2. The quantitative estimate of drug-likeness (QED) is 0.821. The number of aryl methyl sites for hydroxylation is 2. The summed E-state index contributed by atoms with van der Waals surface area (Å²) < 4.78 is 11.8. The summed E-state index contributed by atoms with van der Waals surface area (Å²) in [6, 6.07) is 8.11. The number of ether oxygens (including phenoxy) is 2. The van der Waals surface area contributed by atoms with Crippen molar-refractivity contribution in [3.8, 4) is 11.5 Å². The van der Waals surface area contributed by atoms with Crippen molar-refractivity contribution in [2.24, 2.45) is 0 Å². The van der Waals surface area contributed by atoms with Gasteiger partial charge in [-0.3, -0.25) is 0 Å². The number of benzene rings is 2. The summed E-state index contributed by atoms with van der Waals surface area (Å²) in [6.07, 6.45) is 0. The predicted octanol–water partition coefficient (Wildman–Crippen LogP) is 5.06. The van der Waals surface area contributed by atoms with Crippen LogP contribution in [0.4, 0.5) is 5.69 Å². The second-order valence-corrected chi connectivity index (χ2v) is 6.37. The lowest BCUT2D eigenvalue weighted by Crippen LogP contribution is -2.02. The Balaban J connectivity index is 1.81. The SMILES string of the molecule is Cc1cc(C)c(NCc2cc(Cl)c3c(c2)OCO3)c(Br)c1. The van der Waals surface area contributed by atoms with E-state index in [0.29, 0.717) is 23.1 Å². The number of fused-ring (bicyclic) bond motifs is 1. The molecule has 0 spiro atoms. The molecule has 1 aliphatic heterocycles. The first kappa shape index (κ1) is 14.5. The third kappa shape index (κ3) is 2.97. The van der Waals surface area contributed by atoms with E-state index < -0.39 is 0 Å². The maximum atomic E-state index is 6.20. The molecule has 0 atom stereocenters. The molecule has 3 rings (SSSR count). The zero-order valence-corrected chi connectivity index (χ0v) is 14.1. The Hall–Kier alpha value is -1.39. The van der Waals surface area contributed by atoms with Crippen LogP contribution in [0.25, 0.3) is 0 Å². The summed E-state index contributed by atoms with van der Waals surface area (Å²) in [5, 5.41) is 4.03. The second kappa shape index (κ2) is 5.78. The summed E-state index contributed by atoms with van der Waals surface area (Å²) in [4.78, 5) is 0. The van der Waals surface area contributed by atoms with Gasteiger partial charge in [0.15, 0.2) is 11.5 Å². The highest BCUT2D eigenvalue weighted by molar-refractivity contribution is 9.10. The fraction of sp³-hybridized carbons (Fsp3) is 0.250. The smallest absolute Gasteiger partial charge is 0.231 e. The van der Waals surface area contributed by atoms with Crippen molar-refractivity contribution in [2.45, 2.75) is 20.4 Å². The van der Waals surface area contributed by atoms with Gasteiger partial charge in [0, 0.05) is 11.0 Å². The molecular weight excluding hydrogens is 354 g/mol. The van der Waals surface area contributed by atoms with Gasteiger partial charge in [-0.05, 0) is 64.7 Å². The van der Waals surface area contributed by atoms with E-state index >= 15 is 0 Å². The van der Waals surface area contributed by atoms with Gasteiger partial charge in [0.05, 0.1) is 10.7 Å². The van der Waals surface area contributed by atoms with Crippen molar-refractivity contribution >= 4 is 33.2 Å². The minimum atomic E-state index is 0.231. The highest BCUT2D eigenvalue weighted by Crippen LogP contribution is 2.40. The lowest BCUT2D eigenvalue weighted by Gasteiger charge is -2.13. The first-order valence-electron chi connectivity index (χ1n) is 6.63. The molecule has 1 heterocycles. The van der Waals surface area contributed by atoms with Gasteiger partial charge < -0.3 is 14.8 Å². The molecule has 0 fully saturated rings. The van der Waals surface area contributed by atoms with Gasteiger partial charge in [0.1, 0.15) is 0 Å². The van der Waals surface area contributed by atoms with E-state index in [2.05, 4.69) is 47.2 Å². The van der Waals surface area contributed by atoms with E-state index in [-0.39, 0.29) is 6.79 Å². The van der Waals surface area contributed by atoms with Crippen LogP contribution in [0.3, 0.4) is 0 Å². The van der Waals surface area contributed by atoms with Crippen molar-refractivity contribution in [1.29, 1.82) is 0 Å². The van der Waals surface area contributed by atoms with E-state index in [0.717, 1.165) is 15.7 Å². The maximum Gasteiger partial charge on any atom is 0.231 e. The van der Waals surface area contributed by atoms with Crippen molar-refractivity contribution in [2.75, 3.05) is 12.1 Å². The van der Waals surface area contributed by atoms with Gasteiger partial charge >= 0.3 is 0 Å². The molecule has 0 saturated carbocycles. The summed E-state index contributed by atoms with van der Waals surface area (Å²) in [5.74, 6) is 1.34. The fourth-order valence-electron chi connectivity index (χ4n) is 2.45. The normalized spacial score (nSPS) is 12.6. The predicted molar refractivity (Wildman–Crippen MR) is 88.5 cm³/mol. The molecule has 1 aliphatic rings. The average molecular weight is 369 g/mol. The van der Waals surface area contributed by atoms with Crippen LogP contribution in [-0.2, 0) is 6.54 Å². The highest BCUT2D eigenvalue weighted by Gasteiger charge is 2.18. The van der Waals surface area contributed by atoms with Gasteiger partial charge in [0.25, 0.3) is 0 Å². The van der Waals surface area contributed by atoms with Gasteiger partial charge in [-0.2, -0.15) is 0 Å². The largest absolute Gasteiger partial charge is 0.454 e. The summed E-state index contributed by atoms with van der Waals surface area (Å²) >= 11 is 9.80. The first-order chi connectivity index (χ1) is 10.0. The van der Waals surface area contributed by atoms with Crippen LogP contribution in [0.2, 0.25) is 5.02 Å². The highest BCUT2D eigenvalue weighted by atomic mass is 79.9. The van der Waals surface area contributed by atoms with Crippen LogP contribution in [0.5, 0.6) is 11.5 Å². The van der Waals surface area contributed by atoms with E-state index in [1.807, 2.05) is 12.1 Å². The second-order valence-electron chi connectivity index (χ2n) is 5.10. The van der Waals surface area contributed by atoms with Crippen LogP contribution >= 0.6 is 27.5 Å². The Bertz CT molecular complexity index is 680. The Kier molecular flexibility index (Phi) is 4.00. The minimum absolute atomic E-state index is 0.231. The number of anilines is 1. The molecule has 0 aliphatic carbocycles. The molecule has 5 heteroatoms. The maximum absolute atomic E-state index is 6.20. The molecule has 3 nitrogen and oxygen atoms in total. The number of hydrogen-bond acceptors (Lipinski definition) is 3. The molecule has 0 unspecified atom stereocenters. The molecule has 0 bridgehead atoms. The lowest BCUT2D eigenvalue weighted by molar-refractivity contribution is 0.174. The van der Waals surface area contributed by atoms with E-state index in [1.54, 1.807) is 0 Å². The number of hydrogen-bond donors (Lipinski definition) is 1. The van der Waals surface area contributed by atoms with Gasteiger partial charge in [-0.15, -0.1) is 0 Å². The topological polar surface area (TPSA) is 30.5 Å². The summed E-state index contributed by atoms with van der Waals surface area (Å²) in [5.41, 5.74) is 4.58. The molecule has 0 saturated heterocycles. The number of nitrogens with one attached hydrogen (secondary N) is 1. The van der Waals surface area contributed by atoms with E-state index in [1.165, 1.54) is 11.1 Å². The van der Waals surface area contributed by atoms with Gasteiger partial charge in [-0.1, -0.05) is 17.7 Å². The Morgan fingerprint density at radius 2 is 2.00 bits per heavy atom. The van der Waals surface area contributed by atoms with Crippen molar-refractivity contribution in [3.63, 3.8) is 0 Å². The van der Waals surface area contributed by atoms with Crippen LogP contribution in [-0.4, -0.2) is 6.79 Å². The standard InChI is InChI=1S/C16H15BrClNO2/c1-9-3-10(2)15(12(17)4-9)19-7-11-5-13(18)16-14(6-11)20-8-21-16/h3-6,19H,7-8H2,1-2H3. The monoisotopic (exact) mass is 367 g/mol. The Morgan fingerprint density at radius 1 is 1.19 bits per heavy atom. The van der Waals surface area contributed by atoms with Crippen molar-refractivity contribution in [3.05, 3.63) is 50.5 Å². The molecule has 21 heavy (non-hydrogen) atoms.